The summed E-state index contributed by atoms with van der Waals surface area (Å²) < 4.78 is 71.2. The average Bonchev–Trinajstić information content (AvgIpc) is 1.71. The highest BCUT2D eigenvalue weighted by atomic mass is 28.4. The molecule has 8 heterocycles. The molecular weight excluding hydrogens is 1480 g/mol. The molecular formula is C88H193F4N5O3Si8. The standard InChI is InChI=1S/C13H29NSi.C12H27NSi.C12H26Si.C11H25NSi.C11H24O2Si.C11H24OSi.2C9H19F2NSi/c1-7-15(8-2)9-13(11(3)4)14(10-15)12(5)6;1-10(2)12-9-14(5,6)8-7-13(12)11(3)4;2*1-9(2)11-7-13(5,6)8-12(11)10(3)4;1-8(2)10-7-12-14(5,6)13-11(10)9(3)4;1-8(2)10-7-13(5,6)12-11(10)9(3)4;2*1-7(2)9-5-13(10,11)6-12(9)8(3)4/h11-13H,7-10H2,1-6H3;10-12H,7-9H2,1-6H3;9-12H,7-8H2,1-6H3;9-11H,7-8H2,1-6H3;8-11H,7H2,1-6H3;8-11H,7H2,1-6H3;2*7-9H,5-6H2,1-4H3. The molecule has 0 radical (unpaired) electrons. The van der Waals surface area contributed by atoms with Crippen molar-refractivity contribution in [2.45, 2.75) is 440 Å². The molecule has 108 heavy (non-hydrogen) atoms. The molecule has 8 aliphatic rings. The van der Waals surface area contributed by atoms with Crippen LogP contribution in [0.2, 0.25) is 132 Å². The molecule has 8 saturated heterocycles. The van der Waals surface area contributed by atoms with E-state index in [0.717, 1.165) is 96.1 Å². The van der Waals surface area contributed by atoms with Crippen molar-refractivity contribution in [3.63, 3.8) is 0 Å². The maximum Gasteiger partial charge on any atom is 0.439 e. The van der Waals surface area contributed by atoms with Crippen LogP contribution in [0.5, 0.6) is 0 Å². The molecule has 0 saturated carbocycles. The summed E-state index contributed by atoms with van der Waals surface area (Å²) in [6, 6.07) is 19.4. The average molecular weight is 1670 g/mol. The zero-order chi connectivity index (χ0) is 84.6. The van der Waals surface area contributed by atoms with Crippen molar-refractivity contribution in [2.75, 3.05) is 37.8 Å². The molecule has 11 unspecified atom stereocenters. The topological polar surface area (TPSA) is 43.9 Å². The molecule has 8 fully saturated rings. The van der Waals surface area contributed by atoms with Crippen LogP contribution in [-0.2, 0) is 13.3 Å². The van der Waals surface area contributed by atoms with E-state index in [1.54, 1.807) is 18.1 Å². The molecule has 0 bridgehead atoms. The Balaban J connectivity index is 0.000000617. The summed E-state index contributed by atoms with van der Waals surface area (Å²) in [6.45, 7) is 104. The smallest absolute Gasteiger partial charge is 0.414 e. The van der Waals surface area contributed by atoms with Crippen molar-refractivity contribution in [1.82, 2.24) is 24.5 Å². The second-order valence-corrected chi connectivity index (χ2v) is 77.9. The Hall–Kier alpha value is 1.14. The lowest BCUT2D eigenvalue weighted by atomic mass is 9.80. The fourth-order valence-corrected chi connectivity index (χ4v) is 45.4. The fraction of sp³-hybridized carbons (Fsp3) is 1.00. The maximum absolute atomic E-state index is 13.3. The molecule has 0 amide bonds. The first-order valence-electron chi connectivity index (χ1n) is 45.3. The van der Waals surface area contributed by atoms with Gasteiger partial charge in [-0.15, -0.1) is 0 Å². The highest BCUT2D eigenvalue weighted by Gasteiger charge is 2.53. The summed E-state index contributed by atoms with van der Waals surface area (Å²) in [5.41, 5.74) is 0. The number of hydrogen-bond donors (Lipinski definition) is 0. The third kappa shape index (κ3) is 35.2. The van der Waals surface area contributed by atoms with E-state index in [0.29, 0.717) is 47.7 Å². The molecule has 0 aromatic rings. The van der Waals surface area contributed by atoms with E-state index in [2.05, 4.69) is 260 Å². The molecule has 8 rings (SSSR count). The van der Waals surface area contributed by atoms with Gasteiger partial charge in [0, 0.05) is 93.1 Å². The van der Waals surface area contributed by atoms with Gasteiger partial charge in [0.05, 0.1) is 48.8 Å². The fourth-order valence-electron chi connectivity index (χ4n) is 20.0. The van der Waals surface area contributed by atoms with Crippen LogP contribution >= 0.6 is 0 Å². The number of halogens is 4. The SMILES string of the molecule is CC(C)C1CO[Si](C)(C)OC1C(C)C.CC(C)C1C[Si](C)(C)CC1C(C)C.CC(C)C1C[Si](C)(C)CCN1C(C)C.CC(C)C1C[Si](C)(C)CN1C(C)C.CC(C)C1C[Si](C)(C)OC1C(C)C.CC(C)C1C[Si](F)(F)CN1C(C)C.CC(C)C1C[Si](F)(F)CN1C(C)C.CC[Si]1(CC)CC(C(C)C)N(C(C)C)C1. The van der Waals surface area contributed by atoms with Crippen molar-refractivity contribution in [2.24, 2.45) is 88.8 Å². The molecule has 0 spiro atoms. The first kappa shape index (κ1) is 107. The summed E-state index contributed by atoms with van der Waals surface area (Å²) in [5.74, 6) is 11.1. The molecule has 0 N–H and O–H groups in total. The van der Waals surface area contributed by atoms with E-state index in [4.69, 9.17) is 13.3 Å². The zero-order valence-electron chi connectivity index (χ0n) is 80.6. The summed E-state index contributed by atoms with van der Waals surface area (Å²) in [6.07, 6.45) is 3.95. The highest BCUT2D eigenvalue weighted by molar-refractivity contribution is 6.81. The normalized spacial score (nSPS) is 30.2. The van der Waals surface area contributed by atoms with Gasteiger partial charge in [0.25, 0.3) is 0 Å². The van der Waals surface area contributed by atoms with Crippen LogP contribution in [0.25, 0.3) is 0 Å². The van der Waals surface area contributed by atoms with Crippen LogP contribution in [0.4, 0.5) is 16.4 Å². The Morgan fingerprint density at radius 3 is 0.889 bits per heavy atom. The Labute approximate surface area is 682 Å². The van der Waals surface area contributed by atoms with Gasteiger partial charge in [-0.25, -0.2) is 0 Å². The molecule has 8 nitrogen and oxygen atoms in total. The molecule has 0 aliphatic carbocycles. The minimum atomic E-state index is -3.87. The van der Waals surface area contributed by atoms with E-state index in [1.807, 2.05) is 65.2 Å². The Kier molecular flexibility index (Phi) is 45.2. The lowest BCUT2D eigenvalue weighted by Crippen LogP contribution is -2.53. The van der Waals surface area contributed by atoms with Crippen molar-refractivity contribution in [3.8, 4) is 0 Å². The van der Waals surface area contributed by atoms with Gasteiger partial charge < -0.3 is 23.1 Å². The Morgan fingerprint density at radius 2 is 0.602 bits per heavy atom. The number of nitrogens with zero attached hydrogens (tertiary/aromatic N) is 5. The van der Waals surface area contributed by atoms with Gasteiger partial charge in [0.2, 0.25) is 0 Å². The number of hydrogen-bond acceptors (Lipinski definition) is 8. The monoisotopic (exact) mass is 1670 g/mol. The molecule has 0 aromatic carbocycles. The van der Waals surface area contributed by atoms with E-state index in [-0.39, 0.29) is 48.6 Å². The minimum absolute atomic E-state index is 0.0769. The van der Waals surface area contributed by atoms with Crippen LogP contribution in [0.15, 0.2) is 0 Å². The summed E-state index contributed by atoms with van der Waals surface area (Å²) >= 11 is 0. The Bertz CT molecular complexity index is 2080. The highest BCUT2D eigenvalue weighted by Crippen LogP contribution is 2.48. The number of rotatable bonds is 18. The van der Waals surface area contributed by atoms with Crippen molar-refractivity contribution in [3.05, 3.63) is 0 Å². The van der Waals surface area contributed by atoms with Gasteiger partial charge in [-0.2, -0.15) is 0 Å². The first-order valence-corrected chi connectivity index (χ1v) is 68.7. The van der Waals surface area contributed by atoms with E-state index < -0.39 is 66.7 Å². The predicted molar refractivity (Wildman–Crippen MR) is 494 cm³/mol. The van der Waals surface area contributed by atoms with Crippen molar-refractivity contribution in [1.29, 1.82) is 0 Å². The second-order valence-electron chi connectivity index (χ2n) is 45.0. The maximum atomic E-state index is 13.3. The second kappa shape index (κ2) is 45.5. The van der Waals surface area contributed by atoms with Crippen LogP contribution < -0.4 is 0 Å². The molecule has 20 heteroatoms. The van der Waals surface area contributed by atoms with Gasteiger partial charge in [0.1, 0.15) is 0 Å². The molecule has 8 aliphatic heterocycles. The van der Waals surface area contributed by atoms with Gasteiger partial charge in [-0.3, -0.25) is 31.1 Å². The zero-order valence-corrected chi connectivity index (χ0v) is 88.6. The quantitative estimate of drug-likeness (QED) is 0.0764. The van der Waals surface area contributed by atoms with Gasteiger partial charge >= 0.3 is 26.0 Å². The summed E-state index contributed by atoms with van der Waals surface area (Å²) in [4.78, 5) is 12.2. The van der Waals surface area contributed by atoms with E-state index in [9.17, 15) is 16.4 Å². The lowest BCUT2D eigenvalue weighted by molar-refractivity contribution is -0.0404. The van der Waals surface area contributed by atoms with Crippen molar-refractivity contribution < 1.29 is 29.7 Å². The Morgan fingerprint density at radius 1 is 0.296 bits per heavy atom. The van der Waals surface area contributed by atoms with Crippen molar-refractivity contribution >= 4 is 66.7 Å². The largest absolute Gasteiger partial charge is 0.439 e. The van der Waals surface area contributed by atoms with Gasteiger partial charge in [-0.1, -0.05) is 230 Å². The predicted octanol–water partition coefficient (Wildman–Crippen LogP) is 26.3. The first-order chi connectivity index (χ1) is 48.8. The van der Waals surface area contributed by atoms with Gasteiger partial charge in [0.15, 0.2) is 8.32 Å². The third-order valence-electron chi connectivity index (χ3n) is 26.9. The van der Waals surface area contributed by atoms with Crippen LogP contribution in [0.3, 0.4) is 0 Å². The minimum Gasteiger partial charge on any atom is -0.414 e. The van der Waals surface area contributed by atoms with Crippen LogP contribution in [-0.4, -0.2) is 202 Å². The van der Waals surface area contributed by atoms with Gasteiger partial charge in [-0.05, 0) is 227 Å². The lowest BCUT2D eigenvalue weighted by Gasteiger charge is -2.46. The molecule has 11 atom stereocenters. The van der Waals surface area contributed by atoms with Crippen LogP contribution in [0, 0.1) is 88.8 Å². The summed E-state index contributed by atoms with van der Waals surface area (Å²) in [5, 5.41) is 0. The molecule has 648 valence electrons. The van der Waals surface area contributed by atoms with Crippen LogP contribution in [0.1, 0.15) is 235 Å². The molecule has 0 aromatic heterocycles. The third-order valence-corrected chi connectivity index (χ3v) is 49.0. The van der Waals surface area contributed by atoms with E-state index >= 15 is 0 Å². The van der Waals surface area contributed by atoms with E-state index in [1.165, 1.54) is 55.1 Å². The summed E-state index contributed by atoms with van der Waals surface area (Å²) in [7, 11) is -14.2.